The average Bonchev–Trinajstić information content (AvgIpc) is 3.45. The average molecular weight is 471 g/mol. The normalized spacial score (nSPS) is 11.1. The number of alkyl halides is 1. The maximum absolute atomic E-state index is 13.4. The van der Waals surface area contributed by atoms with E-state index in [-0.39, 0.29) is 5.91 Å². The molecule has 0 atom stereocenters. The van der Waals surface area contributed by atoms with Gasteiger partial charge in [0.2, 0.25) is 0 Å². The molecule has 0 radical (unpaired) electrons. The summed E-state index contributed by atoms with van der Waals surface area (Å²) in [7, 11) is 3.78. The van der Waals surface area contributed by atoms with Gasteiger partial charge < -0.3 is 9.88 Å². The monoisotopic (exact) mass is 470 g/mol. The number of amides is 1. The van der Waals surface area contributed by atoms with Crippen molar-refractivity contribution in [2.75, 3.05) is 0 Å². The molecular weight excluding hydrogens is 448 g/mol. The number of fused-ring (bicyclic) bond motifs is 1. The molecule has 7 nitrogen and oxygen atoms in total. The summed E-state index contributed by atoms with van der Waals surface area (Å²) in [4.78, 5) is 22.7. The number of aromatic nitrogens is 5. The van der Waals surface area contributed by atoms with E-state index in [2.05, 4.69) is 20.4 Å². The van der Waals surface area contributed by atoms with Gasteiger partial charge in [-0.15, -0.1) is 11.6 Å². The van der Waals surface area contributed by atoms with Crippen LogP contribution in [-0.2, 0) is 26.5 Å². The van der Waals surface area contributed by atoms with E-state index in [9.17, 15) is 4.79 Å². The first-order chi connectivity index (χ1) is 16.5. The minimum Gasteiger partial charge on any atom is -0.345 e. The van der Waals surface area contributed by atoms with E-state index in [1.54, 1.807) is 17.1 Å². The van der Waals surface area contributed by atoms with E-state index in [0.29, 0.717) is 23.7 Å². The summed E-state index contributed by atoms with van der Waals surface area (Å²) in [5, 5.41) is 7.27. The van der Waals surface area contributed by atoms with Crippen LogP contribution in [0.4, 0.5) is 0 Å². The number of aryl methyl sites for hydroxylation is 2. The maximum atomic E-state index is 13.4. The maximum Gasteiger partial charge on any atom is 0.253 e. The zero-order valence-corrected chi connectivity index (χ0v) is 19.6. The molecule has 0 bridgehead atoms. The highest BCUT2D eigenvalue weighted by molar-refractivity contribution is 6.17. The third kappa shape index (κ3) is 4.18. The van der Waals surface area contributed by atoms with E-state index in [0.717, 1.165) is 39.1 Å². The van der Waals surface area contributed by atoms with Gasteiger partial charge in [-0.1, -0.05) is 30.3 Å². The van der Waals surface area contributed by atoms with Crippen molar-refractivity contribution in [3.8, 4) is 22.4 Å². The van der Waals surface area contributed by atoms with E-state index in [1.807, 2.05) is 79.5 Å². The molecule has 0 saturated carbocycles. The molecule has 3 aromatic heterocycles. The molecule has 170 valence electrons. The Hall–Kier alpha value is -3.97. The summed E-state index contributed by atoms with van der Waals surface area (Å²) in [5.74, 6) is 0.964. The van der Waals surface area contributed by atoms with Crippen LogP contribution in [0, 0.1) is 0 Å². The van der Waals surface area contributed by atoms with E-state index in [1.165, 1.54) is 0 Å². The molecule has 0 aliphatic rings. The van der Waals surface area contributed by atoms with Crippen LogP contribution in [-0.4, -0.2) is 30.2 Å². The van der Waals surface area contributed by atoms with Crippen molar-refractivity contribution in [2.45, 2.75) is 12.4 Å². The number of halogens is 1. The molecule has 0 spiro atoms. The molecule has 2 aromatic carbocycles. The Balaban J connectivity index is 1.50. The van der Waals surface area contributed by atoms with Crippen molar-refractivity contribution in [3.63, 3.8) is 0 Å². The number of pyridine rings is 1. The fraction of sp³-hybridized carbons (Fsp3) is 0.154. The van der Waals surface area contributed by atoms with Crippen LogP contribution in [0.2, 0.25) is 0 Å². The Kier molecular flexibility index (Phi) is 5.86. The van der Waals surface area contributed by atoms with Crippen molar-refractivity contribution in [2.24, 2.45) is 14.1 Å². The van der Waals surface area contributed by atoms with Crippen molar-refractivity contribution in [1.29, 1.82) is 0 Å². The summed E-state index contributed by atoms with van der Waals surface area (Å²) < 4.78 is 3.68. The van der Waals surface area contributed by atoms with Crippen LogP contribution < -0.4 is 5.32 Å². The number of imidazole rings is 1. The first kappa shape index (κ1) is 21.9. The third-order valence-electron chi connectivity index (χ3n) is 5.81. The van der Waals surface area contributed by atoms with Gasteiger partial charge in [-0.25, -0.2) is 4.98 Å². The number of rotatable bonds is 6. The van der Waals surface area contributed by atoms with Crippen molar-refractivity contribution in [3.05, 3.63) is 90.1 Å². The fourth-order valence-electron chi connectivity index (χ4n) is 4.01. The molecule has 1 amide bonds. The second kappa shape index (κ2) is 9.11. The highest BCUT2D eigenvalue weighted by atomic mass is 35.5. The number of hydrogen-bond donors (Lipinski definition) is 1. The van der Waals surface area contributed by atoms with Crippen molar-refractivity contribution < 1.29 is 4.79 Å². The second-order valence-corrected chi connectivity index (χ2v) is 8.38. The molecular formula is C26H23ClN6O. The largest absolute Gasteiger partial charge is 0.345 e. The summed E-state index contributed by atoms with van der Waals surface area (Å²) in [6, 6.07) is 17.7. The number of nitrogens with one attached hydrogen (secondary N) is 1. The summed E-state index contributed by atoms with van der Waals surface area (Å²) in [5.41, 5.74) is 6.53. The van der Waals surface area contributed by atoms with Crippen molar-refractivity contribution in [1.82, 2.24) is 29.6 Å². The second-order valence-electron chi connectivity index (χ2n) is 8.12. The van der Waals surface area contributed by atoms with Crippen LogP contribution >= 0.6 is 11.6 Å². The molecule has 34 heavy (non-hydrogen) atoms. The number of benzene rings is 2. The molecule has 0 fully saturated rings. The summed E-state index contributed by atoms with van der Waals surface area (Å²) >= 11 is 6.02. The van der Waals surface area contributed by atoms with Crippen LogP contribution in [0.1, 0.15) is 21.7 Å². The smallest absolute Gasteiger partial charge is 0.253 e. The van der Waals surface area contributed by atoms with Gasteiger partial charge in [0.25, 0.3) is 5.91 Å². The summed E-state index contributed by atoms with van der Waals surface area (Å²) in [6.07, 6.45) is 5.33. The van der Waals surface area contributed by atoms with Gasteiger partial charge in [-0.3, -0.25) is 14.5 Å². The van der Waals surface area contributed by atoms with E-state index >= 15 is 0 Å². The third-order valence-corrected chi connectivity index (χ3v) is 6.12. The lowest BCUT2D eigenvalue weighted by molar-refractivity contribution is 0.0950. The molecule has 0 saturated heterocycles. The van der Waals surface area contributed by atoms with Gasteiger partial charge in [0.1, 0.15) is 5.82 Å². The number of carbonyl (C=O) groups is 1. The Morgan fingerprint density at radius 3 is 2.62 bits per heavy atom. The number of para-hydroxylation sites is 2. The fourth-order valence-corrected chi connectivity index (χ4v) is 4.18. The van der Waals surface area contributed by atoms with Crippen LogP contribution in [0.5, 0.6) is 0 Å². The predicted molar refractivity (Wildman–Crippen MR) is 133 cm³/mol. The van der Waals surface area contributed by atoms with Crippen LogP contribution in [0.25, 0.3) is 33.4 Å². The Labute approximate surface area is 202 Å². The van der Waals surface area contributed by atoms with Gasteiger partial charge >= 0.3 is 0 Å². The summed E-state index contributed by atoms with van der Waals surface area (Å²) in [6.45, 7) is 0.294. The standard InChI is InChI=1S/C26H23ClN6O/c1-32-16-20(14-30-32)25-21(11-19(13-28-25)18-7-5-6-17(10-18)12-27)26(34)29-15-24-31-22-8-3-4-9-23(22)33(24)2/h3-11,13-14,16H,12,15H2,1-2H3,(H,29,34). The number of carbonyl (C=O) groups excluding carboxylic acids is 1. The van der Waals surface area contributed by atoms with Gasteiger partial charge in [0, 0.05) is 43.5 Å². The minimum absolute atomic E-state index is 0.228. The molecule has 5 aromatic rings. The Morgan fingerprint density at radius 2 is 1.85 bits per heavy atom. The molecule has 1 N–H and O–H groups in total. The lowest BCUT2D eigenvalue weighted by Gasteiger charge is -2.12. The Morgan fingerprint density at radius 1 is 1.00 bits per heavy atom. The quantitative estimate of drug-likeness (QED) is 0.365. The Bertz CT molecular complexity index is 1500. The van der Waals surface area contributed by atoms with Crippen molar-refractivity contribution >= 4 is 28.5 Å². The van der Waals surface area contributed by atoms with E-state index < -0.39 is 0 Å². The zero-order valence-electron chi connectivity index (χ0n) is 18.9. The molecule has 8 heteroatoms. The highest BCUT2D eigenvalue weighted by Crippen LogP contribution is 2.27. The van der Waals surface area contributed by atoms with E-state index in [4.69, 9.17) is 11.6 Å². The van der Waals surface area contributed by atoms with Gasteiger partial charge in [-0.2, -0.15) is 5.10 Å². The molecule has 5 rings (SSSR count). The highest BCUT2D eigenvalue weighted by Gasteiger charge is 2.18. The van der Waals surface area contributed by atoms with Crippen LogP contribution in [0.15, 0.2) is 73.2 Å². The van der Waals surface area contributed by atoms with Gasteiger partial charge in [0.15, 0.2) is 0 Å². The lowest BCUT2D eigenvalue weighted by Crippen LogP contribution is -2.25. The first-order valence-corrected chi connectivity index (χ1v) is 11.4. The van der Waals surface area contributed by atoms with Crippen LogP contribution in [0.3, 0.4) is 0 Å². The zero-order chi connectivity index (χ0) is 23.7. The first-order valence-electron chi connectivity index (χ1n) is 10.9. The molecule has 3 heterocycles. The predicted octanol–water partition coefficient (Wildman–Crippen LogP) is 4.70. The molecule has 0 unspecified atom stereocenters. The number of nitrogens with zero attached hydrogens (tertiary/aromatic N) is 5. The van der Waals surface area contributed by atoms with Gasteiger partial charge in [0.05, 0.1) is 35.0 Å². The minimum atomic E-state index is -0.228. The molecule has 0 aliphatic carbocycles. The topological polar surface area (TPSA) is 77.6 Å². The molecule has 0 aliphatic heterocycles. The number of hydrogen-bond acceptors (Lipinski definition) is 4. The SMILES string of the molecule is Cn1cc(-c2ncc(-c3cccc(CCl)c3)cc2C(=O)NCc2nc3ccccc3n2C)cn1. The lowest BCUT2D eigenvalue weighted by atomic mass is 10.0. The van der Waals surface area contributed by atoms with Gasteiger partial charge in [-0.05, 0) is 35.4 Å².